The maximum Gasteiger partial charge on any atom is 1.00 e. The van der Waals surface area contributed by atoms with Gasteiger partial charge in [-0.2, -0.15) is 0 Å². The van der Waals surface area contributed by atoms with Crippen LogP contribution >= 0.6 is 11.6 Å². The van der Waals surface area contributed by atoms with Crippen LogP contribution < -0.4 is 49.5 Å². The summed E-state index contributed by atoms with van der Waals surface area (Å²) in [4.78, 5) is 25.1. The molecule has 5 N–H and O–H groups in total. The normalized spacial score (nSPS) is 11.2. The maximum atomic E-state index is 15.0. The Balaban J connectivity index is 0.00000187. The molecule has 0 amide bonds. The van der Waals surface area contributed by atoms with Gasteiger partial charge in [0.1, 0.15) is 17.3 Å². The minimum Gasteiger partial charge on any atom is -0.545 e. The molecule has 1 aliphatic rings. The summed E-state index contributed by atoms with van der Waals surface area (Å²) in [5.41, 5.74) is 3.67. The molecule has 40 heavy (non-hydrogen) atoms. The number of carboxylic acid groups (broad SMARTS) is 1. The van der Waals surface area contributed by atoms with Crippen LogP contribution in [0.2, 0.25) is 5.02 Å². The molecule has 10 nitrogen and oxygen atoms in total. The molecule has 0 saturated heterocycles. The molecule has 1 aromatic heterocycles. The summed E-state index contributed by atoms with van der Waals surface area (Å²) >= 11 is 6.34. The first-order valence-corrected chi connectivity index (χ1v) is 11.5. The predicted molar refractivity (Wildman–Crippen MR) is 143 cm³/mol. The molecular weight excluding hydrogens is 554 g/mol. The minimum atomic E-state index is -1.35. The largest absolute Gasteiger partial charge is 1.00 e. The van der Waals surface area contributed by atoms with Gasteiger partial charge in [0, 0.05) is 45.2 Å². The van der Waals surface area contributed by atoms with E-state index in [1.807, 2.05) is 0 Å². The molecule has 202 valence electrons. The fourth-order valence-electron chi connectivity index (χ4n) is 4.17. The van der Waals surface area contributed by atoms with E-state index in [1.165, 1.54) is 32.4 Å². The Labute approximate surface area is 255 Å². The molecule has 0 aliphatic carbocycles. The summed E-state index contributed by atoms with van der Waals surface area (Å²) in [6.07, 6.45) is 1.64. The third kappa shape index (κ3) is 6.25. The number of carbonyl (C=O) groups is 1. The Morgan fingerprint density at radius 2 is 1.77 bits per heavy atom. The van der Waals surface area contributed by atoms with Crippen molar-refractivity contribution in [3.05, 3.63) is 93.9 Å². The zero-order valence-electron chi connectivity index (χ0n) is 21.7. The van der Waals surface area contributed by atoms with Crippen molar-refractivity contribution >= 4 is 34.9 Å². The van der Waals surface area contributed by atoms with Crippen molar-refractivity contribution in [3.63, 3.8) is 0 Å². The first-order chi connectivity index (χ1) is 17.9. The van der Waals surface area contributed by atoms with E-state index in [-0.39, 0.29) is 69.9 Å². The Bertz CT molecular complexity index is 1590. The molecule has 13 heteroatoms. The zero-order valence-corrected chi connectivity index (χ0v) is 24.5. The summed E-state index contributed by atoms with van der Waals surface area (Å²) in [6.45, 7) is 0.197. The van der Waals surface area contributed by atoms with Crippen LogP contribution in [0, 0.1) is 5.82 Å². The first kappa shape index (κ1) is 32.6. The maximum absolute atomic E-state index is 15.0. The Hall–Kier alpha value is -3.58. The third-order valence-corrected chi connectivity index (χ3v) is 6.11. The molecule has 1 aliphatic heterocycles. The van der Waals surface area contributed by atoms with Gasteiger partial charge < -0.3 is 35.6 Å². The second kappa shape index (κ2) is 13.7. The average Bonchev–Trinajstić information content (AvgIpc) is 3.04. The van der Waals surface area contributed by atoms with Crippen LogP contribution in [0.15, 0.2) is 65.8 Å². The molecule has 0 spiro atoms. The van der Waals surface area contributed by atoms with Crippen LogP contribution in [0.1, 0.15) is 27.0 Å². The van der Waals surface area contributed by atoms with E-state index in [2.05, 4.69) is 10.3 Å². The van der Waals surface area contributed by atoms with E-state index in [0.717, 1.165) is 5.56 Å². The van der Waals surface area contributed by atoms with E-state index >= 15 is 4.39 Å². The number of hydrogen-bond acceptors (Lipinski definition) is 8. The number of nitrogens with zero attached hydrogens (tertiary/aromatic N) is 3. The van der Waals surface area contributed by atoms with Crippen LogP contribution in [-0.2, 0) is 6.54 Å². The third-order valence-electron chi connectivity index (χ3n) is 5.87. The topological polar surface area (TPSA) is 172 Å². The average molecular weight is 577 g/mol. The molecule has 0 saturated carbocycles. The molecule has 4 aromatic rings. The zero-order chi connectivity index (χ0) is 26.1. The van der Waals surface area contributed by atoms with Crippen LogP contribution in [-0.4, -0.2) is 46.8 Å². The quantitative estimate of drug-likeness (QED) is 0.309. The number of carboxylic acids is 1. The summed E-state index contributed by atoms with van der Waals surface area (Å²) in [6, 6.07) is 14.3. The number of anilines is 2. The van der Waals surface area contributed by atoms with E-state index in [1.54, 1.807) is 42.6 Å². The van der Waals surface area contributed by atoms with Gasteiger partial charge >= 0.3 is 29.6 Å². The van der Waals surface area contributed by atoms with Crippen LogP contribution in [0.5, 0.6) is 11.5 Å². The second-order valence-electron chi connectivity index (χ2n) is 8.07. The van der Waals surface area contributed by atoms with Gasteiger partial charge in [0.2, 0.25) is 5.95 Å². The van der Waals surface area contributed by atoms with E-state index < -0.39 is 11.8 Å². The number of rotatable bonds is 6. The number of nitrogens with one attached hydrogen (secondary N) is 1. The number of fused-ring (bicyclic) bond motifs is 3. The second-order valence-corrected chi connectivity index (χ2v) is 8.50. The number of halogens is 2. The van der Waals surface area contributed by atoms with Crippen LogP contribution in [0.4, 0.5) is 16.0 Å². The van der Waals surface area contributed by atoms with Crippen molar-refractivity contribution in [2.75, 3.05) is 19.5 Å². The predicted octanol–water partition coefficient (Wildman–Crippen LogP) is -0.234. The van der Waals surface area contributed by atoms with Gasteiger partial charge in [0.05, 0.1) is 43.7 Å². The van der Waals surface area contributed by atoms with Crippen molar-refractivity contribution in [1.29, 1.82) is 0 Å². The number of benzene rings is 3. The number of ether oxygens (including phenoxy) is 2. The van der Waals surface area contributed by atoms with E-state index in [4.69, 9.17) is 31.1 Å². The van der Waals surface area contributed by atoms with Crippen molar-refractivity contribution in [2.24, 2.45) is 4.99 Å². The molecule has 0 unspecified atom stereocenters. The summed E-state index contributed by atoms with van der Waals surface area (Å²) in [5, 5.41) is 14.8. The molecule has 3 aromatic carbocycles. The number of hydrogen-bond donors (Lipinski definition) is 1. The Morgan fingerprint density at radius 1 is 1.02 bits per heavy atom. The summed E-state index contributed by atoms with van der Waals surface area (Å²) < 4.78 is 25.6. The Kier molecular flexibility index (Phi) is 11.1. The molecule has 0 atom stereocenters. The number of aromatic nitrogens is 2. The van der Waals surface area contributed by atoms with Gasteiger partial charge in [-0.15, -0.1) is 0 Å². The molecule has 0 radical (unpaired) electrons. The van der Waals surface area contributed by atoms with E-state index in [9.17, 15) is 9.90 Å². The molecule has 2 heterocycles. The molecular formula is C27H23ClFN4NaO6. The summed E-state index contributed by atoms with van der Waals surface area (Å²) in [5.74, 6) is -1.08. The van der Waals surface area contributed by atoms with Gasteiger partial charge in [-0.3, -0.25) is 4.99 Å². The standard InChI is InChI=1S/C27H20ClFN4O4.Na.2H2O/c1-36-21-5-3-4-20(29)23(21)25-19-10-15(28)6-8-17(19)24-14(12-30-25)13-31-27(33-24)32-16-7-9-18(26(34)35)22(11-16)37-2;;;/h3-11,13H,12H2,1-2H3,(H,34,35)(H,31,32,33);;2*1H2/q;+1;;/p-1. The fourth-order valence-corrected chi connectivity index (χ4v) is 4.34. The van der Waals surface area contributed by atoms with Gasteiger partial charge in [-0.25, -0.2) is 14.4 Å². The smallest absolute Gasteiger partial charge is 0.545 e. The van der Waals surface area contributed by atoms with E-state index in [0.29, 0.717) is 39.0 Å². The van der Waals surface area contributed by atoms with Gasteiger partial charge in [0.25, 0.3) is 0 Å². The van der Waals surface area contributed by atoms with Gasteiger partial charge in [0.15, 0.2) is 0 Å². The van der Waals surface area contributed by atoms with Crippen molar-refractivity contribution in [2.45, 2.75) is 6.54 Å². The number of aromatic carboxylic acids is 1. The molecule has 5 rings (SSSR count). The Morgan fingerprint density at radius 3 is 2.48 bits per heavy atom. The van der Waals surface area contributed by atoms with Crippen LogP contribution in [0.3, 0.4) is 0 Å². The van der Waals surface area contributed by atoms with Gasteiger partial charge in [-0.1, -0.05) is 23.7 Å². The minimum absolute atomic E-state index is 0. The number of methoxy groups -OCH3 is 2. The molecule has 0 bridgehead atoms. The van der Waals surface area contributed by atoms with Crippen molar-refractivity contribution in [1.82, 2.24) is 9.97 Å². The summed E-state index contributed by atoms with van der Waals surface area (Å²) in [7, 11) is 2.84. The molecule has 0 fully saturated rings. The van der Waals surface area contributed by atoms with Gasteiger partial charge in [-0.05, 0) is 36.4 Å². The van der Waals surface area contributed by atoms with Crippen molar-refractivity contribution < 1.29 is 64.3 Å². The fraction of sp³-hybridized carbons (Fsp3) is 0.111. The van der Waals surface area contributed by atoms with Crippen LogP contribution in [0.25, 0.3) is 11.3 Å². The monoisotopic (exact) mass is 576 g/mol. The number of aliphatic imine (C=N–C) groups is 1. The SMILES string of the molecule is COc1cc(Nc2ncc3c(n2)-c2ccc(Cl)cc2C(c2c(F)cccc2OC)=NC3)ccc1C(=O)[O-].O.O.[Na+]. The first-order valence-electron chi connectivity index (χ1n) is 11.1. The van der Waals surface area contributed by atoms with Crippen molar-refractivity contribution in [3.8, 4) is 22.8 Å². The number of carbonyl (C=O) groups excluding carboxylic acids is 1.